The first-order valence-electron chi connectivity index (χ1n) is 6.68. The fraction of sp³-hybridized carbons (Fsp3) is 0.500. The second-order valence-corrected chi connectivity index (χ2v) is 5.85. The van der Waals surface area contributed by atoms with E-state index in [4.69, 9.17) is 23.2 Å². The van der Waals surface area contributed by atoms with Crippen molar-refractivity contribution in [1.82, 2.24) is 10.2 Å². The Balaban J connectivity index is 2.04. The SMILES string of the molecule is O=C(O)C(CCN1CCNCC1)c1cc(Cl)cc(Cl)c1. The van der Waals surface area contributed by atoms with E-state index in [2.05, 4.69) is 10.2 Å². The zero-order valence-electron chi connectivity index (χ0n) is 11.1. The number of carbonyl (C=O) groups is 1. The molecule has 0 aromatic heterocycles. The van der Waals surface area contributed by atoms with Crippen LogP contribution in [-0.2, 0) is 4.79 Å². The summed E-state index contributed by atoms with van der Waals surface area (Å²) in [6.07, 6.45) is 0.562. The van der Waals surface area contributed by atoms with E-state index in [0.717, 1.165) is 32.7 Å². The highest BCUT2D eigenvalue weighted by molar-refractivity contribution is 6.34. The molecule has 1 aliphatic rings. The van der Waals surface area contributed by atoms with Crippen LogP contribution in [0.5, 0.6) is 0 Å². The molecule has 0 bridgehead atoms. The second kappa shape index (κ2) is 7.27. The first kappa shape index (κ1) is 15.6. The molecule has 1 aliphatic heterocycles. The largest absolute Gasteiger partial charge is 0.481 e. The Morgan fingerprint density at radius 1 is 1.25 bits per heavy atom. The van der Waals surface area contributed by atoms with E-state index in [1.54, 1.807) is 18.2 Å². The first-order chi connectivity index (χ1) is 9.56. The van der Waals surface area contributed by atoms with Gasteiger partial charge in [0.1, 0.15) is 0 Å². The molecule has 0 amide bonds. The third kappa shape index (κ3) is 4.35. The summed E-state index contributed by atoms with van der Waals surface area (Å²) < 4.78 is 0. The lowest BCUT2D eigenvalue weighted by atomic mass is 9.95. The molecule has 110 valence electrons. The minimum atomic E-state index is -0.835. The van der Waals surface area contributed by atoms with Crippen molar-refractivity contribution in [3.05, 3.63) is 33.8 Å². The number of hydrogen-bond donors (Lipinski definition) is 2. The molecule has 0 spiro atoms. The lowest BCUT2D eigenvalue weighted by molar-refractivity contribution is -0.139. The minimum Gasteiger partial charge on any atom is -0.481 e. The van der Waals surface area contributed by atoms with Crippen molar-refractivity contribution in [2.24, 2.45) is 0 Å². The molecule has 6 heteroatoms. The smallest absolute Gasteiger partial charge is 0.311 e. The minimum absolute atomic E-state index is 0.473. The summed E-state index contributed by atoms with van der Waals surface area (Å²) in [5.74, 6) is -1.40. The molecule has 1 saturated heterocycles. The summed E-state index contributed by atoms with van der Waals surface area (Å²) in [6.45, 7) is 4.61. The number of benzene rings is 1. The Morgan fingerprint density at radius 2 is 1.85 bits per heavy atom. The van der Waals surface area contributed by atoms with Crippen LogP contribution >= 0.6 is 23.2 Å². The fourth-order valence-electron chi connectivity index (χ4n) is 2.46. The van der Waals surface area contributed by atoms with E-state index >= 15 is 0 Å². The van der Waals surface area contributed by atoms with Crippen LogP contribution in [0.1, 0.15) is 17.9 Å². The third-order valence-electron chi connectivity index (χ3n) is 3.53. The average molecular weight is 317 g/mol. The van der Waals surface area contributed by atoms with Gasteiger partial charge in [-0.25, -0.2) is 0 Å². The molecule has 20 heavy (non-hydrogen) atoms. The van der Waals surface area contributed by atoms with Gasteiger partial charge in [-0.05, 0) is 36.7 Å². The van der Waals surface area contributed by atoms with Crippen molar-refractivity contribution in [3.8, 4) is 0 Å². The second-order valence-electron chi connectivity index (χ2n) is 4.97. The van der Waals surface area contributed by atoms with Gasteiger partial charge in [-0.2, -0.15) is 0 Å². The van der Waals surface area contributed by atoms with E-state index in [1.165, 1.54) is 0 Å². The summed E-state index contributed by atoms with van der Waals surface area (Å²) in [5, 5.41) is 13.6. The molecule has 4 nitrogen and oxygen atoms in total. The summed E-state index contributed by atoms with van der Waals surface area (Å²) in [7, 11) is 0. The van der Waals surface area contributed by atoms with Gasteiger partial charge in [0, 0.05) is 36.2 Å². The molecule has 1 fully saturated rings. The molecule has 2 N–H and O–H groups in total. The van der Waals surface area contributed by atoms with Crippen LogP contribution in [0.25, 0.3) is 0 Å². The Bertz CT molecular complexity index is 456. The predicted octanol–water partition coefficient (Wildman–Crippen LogP) is 2.46. The monoisotopic (exact) mass is 316 g/mol. The molecule has 0 radical (unpaired) electrons. The van der Waals surface area contributed by atoms with Gasteiger partial charge in [-0.1, -0.05) is 23.2 Å². The van der Waals surface area contributed by atoms with Gasteiger partial charge in [-0.3, -0.25) is 4.79 Å². The third-order valence-corrected chi connectivity index (χ3v) is 3.97. The molecule has 2 rings (SSSR count). The number of hydrogen-bond acceptors (Lipinski definition) is 3. The van der Waals surface area contributed by atoms with Gasteiger partial charge in [0.25, 0.3) is 0 Å². The molecule has 1 aromatic carbocycles. The van der Waals surface area contributed by atoms with Gasteiger partial charge >= 0.3 is 5.97 Å². The van der Waals surface area contributed by atoms with Crippen LogP contribution in [0.15, 0.2) is 18.2 Å². The van der Waals surface area contributed by atoms with Gasteiger partial charge in [0.05, 0.1) is 5.92 Å². The molecule has 0 aliphatic carbocycles. The first-order valence-corrected chi connectivity index (χ1v) is 7.44. The number of rotatable bonds is 5. The molecular formula is C14H18Cl2N2O2. The predicted molar refractivity (Wildman–Crippen MR) is 80.8 cm³/mol. The molecule has 1 aromatic rings. The maximum Gasteiger partial charge on any atom is 0.311 e. The highest BCUT2D eigenvalue weighted by Gasteiger charge is 2.22. The van der Waals surface area contributed by atoms with Crippen molar-refractivity contribution >= 4 is 29.2 Å². The molecular weight excluding hydrogens is 299 g/mol. The highest BCUT2D eigenvalue weighted by Crippen LogP contribution is 2.27. The van der Waals surface area contributed by atoms with Crippen LogP contribution in [0.4, 0.5) is 0 Å². The molecule has 1 atom stereocenters. The quantitative estimate of drug-likeness (QED) is 0.876. The van der Waals surface area contributed by atoms with Crippen LogP contribution in [-0.4, -0.2) is 48.7 Å². The van der Waals surface area contributed by atoms with Crippen LogP contribution in [0.2, 0.25) is 10.0 Å². The average Bonchev–Trinajstić information content (AvgIpc) is 2.38. The zero-order chi connectivity index (χ0) is 14.5. The highest BCUT2D eigenvalue weighted by atomic mass is 35.5. The Morgan fingerprint density at radius 3 is 2.40 bits per heavy atom. The van der Waals surface area contributed by atoms with Crippen molar-refractivity contribution in [3.63, 3.8) is 0 Å². The van der Waals surface area contributed by atoms with E-state index in [1.807, 2.05) is 0 Å². The van der Waals surface area contributed by atoms with Crippen LogP contribution in [0, 0.1) is 0 Å². The number of halogens is 2. The van der Waals surface area contributed by atoms with Gasteiger partial charge < -0.3 is 15.3 Å². The van der Waals surface area contributed by atoms with Crippen molar-refractivity contribution in [2.75, 3.05) is 32.7 Å². The van der Waals surface area contributed by atoms with E-state index in [-0.39, 0.29) is 0 Å². The number of nitrogens with one attached hydrogen (secondary N) is 1. The summed E-state index contributed by atoms with van der Waals surface area (Å²) >= 11 is 11.9. The van der Waals surface area contributed by atoms with Crippen molar-refractivity contribution in [2.45, 2.75) is 12.3 Å². The molecule has 1 unspecified atom stereocenters. The fourth-order valence-corrected chi connectivity index (χ4v) is 3.00. The van der Waals surface area contributed by atoms with Gasteiger partial charge in [-0.15, -0.1) is 0 Å². The number of piperazine rings is 1. The van der Waals surface area contributed by atoms with Gasteiger partial charge in [0.2, 0.25) is 0 Å². The lowest BCUT2D eigenvalue weighted by Gasteiger charge is -2.28. The molecule has 1 heterocycles. The summed E-state index contributed by atoms with van der Waals surface area (Å²) in [5.41, 5.74) is 0.671. The van der Waals surface area contributed by atoms with E-state index in [0.29, 0.717) is 22.0 Å². The molecule has 0 saturated carbocycles. The Labute approximate surface area is 128 Å². The zero-order valence-corrected chi connectivity index (χ0v) is 12.6. The Hall–Kier alpha value is -0.810. The van der Waals surface area contributed by atoms with E-state index < -0.39 is 11.9 Å². The number of carboxylic acid groups (broad SMARTS) is 1. The topological polar surface area (TPSA) is 52.6 Å². The summed E-state index contributed by atoms with van der Waals surface area (Å²) in [6, 6.07) is 4.98. The summed E-state index contributed by atoms with van der Waals surface area (Å²) in [4.78, 5) is 13.8. The van der Waals surface area contributed by atoms with E-state index in [9.17, 15) is 9.90 Å². The van der Waals surface area contributed by atoms with Gasteiger partial charge in [0.15, 0.2) is 0 Å². The number of carboxylic acids is 1. The normalized spacial score (nSPS) is 17.9. The van der Waals surface area contributed by atoms with Crippen molar-refractivity contribution < 1.29 is 9.90 Å². The number of aliphatic carboxylic acids is 1. The number of nitrogens with zero attached hydrogens (tertiary/aromatic N) is 1. The van der Waals surface area contributed by atoms with Crippen molar-refractivity contribution in [1.29, 1.82) is 0 Å². The Kier molecular flexibility index (Phi) is 5.66. The maximum absolute atomic E-state index is 11.5. The maximum atomic E-state index is 11.5. The standard InChI is InChI=1S/C14H18Cl2N2O2/c15-11-7-10(8-12(16)9-11)13(14(19)20)1-4-18-5-2-17-3-6-18/h7-9,13,17H,1-6H2,(H,19,20). The van der Waals surface area contributed by atoms with Crippen LogP contribution < -0.4 is 5.32 Å². The lowest BCUT2D eigenvalue weighted by Crippen LogP contribution is -2.44. The van der Waals surface area contributed by atoms with Crippen LogP contribution in [0.3, 0.4) is 0 Å².